The summed E-state index contributed by atoms with van der Waals surface area (Å²) in [6.07, 6.45) is 15.0. The molecule has 0 saturated carbocycles. The van der Waals surface area contributed by atoms with Gasteiger partial charge in [-0.1, -0.05) is 64.1 Å². The van der Waals surface area contributed by atoms with Crippen LogP contribution in [0.25, 0.3) is 0 Å². The van der Waals surface area contributed by atoms with Crippen LogP contribution in [0, 0.1) is 11.3 Å². The van der Waals surface area contributed by atoms with Gasteiger partial charge in [-0.05, 0) is 23.1 Å². The monoisotopic (exact) mass is 253 g/mol. The van der Waals surface area contributed by atoms with Gasteiger partial charge < -0.3 is 0 Å². The van der Waals surface area contributed by atoms with Crippen LogP contribution in [-0.2, 0) is 0 Å². The summed E-state index contributed by atoms with van der Waals surface area (Å²) in [6.45, 7) is 8.99. The Morgan fingerprint density at radius 2 is 1.95 bits per heavy atom. The zero-order valence-corrected chi connectivity index (χ0v) is 12.3. The van der Waals surface area contributed by atoms with E-state index in [9.17, 15) is 0 Å². The molecule has 1 nitrogen and oxygen atoms in total. The summed E-state index contributed by atoms with van der Waals surface area (Å²) in [5.41, 5.74) is 2.79. The van der Waals surface area contributed by atoms with E-state index in [1.54, 1.807) is 0 Å². The Kier molecular flexibility index (Phi) is 4.04. The second-order valence-corrected chi connectivity index (χ2v) is 6.19. The Bertz CT molecular complexity index is 504. The third-order valence-electron chi connectivity index (χ3n) is 3.59. The number of nitrogens with zero attached hydrogens (tertiary/aromatic N) is 1. The normalized spacial score (nSPS) is 19.1. The lowest BCUT2D eigenvalue weighted by Gasteiger charge is -2.22. The van der Waals surface area contributed by atoms with Gasteiger partial charge in [0.1, 0.15) is 0 Å². The quantitative estimate of drug-likeness (QED) is 0.746. The molecule has 2 rings (SSSR count). The van der Waals surface area contributed by atoms with Crippen LogP contribution in [0.5, 0.6) is 0 Å². The third-order valence-corrected chi connectivity index (χ3v) is 3.59. The highest BCUT2D eigenvalue weighted by Crippen LogP contribution is 2.34. The highest BCUT2D eigenvalue weighted by molar-refractivity contribution is 5.39. The van der Waals surface area contributed by atoms with Crippen LogP contribution in [0.1, 0.15) is 39.2 Å². The predicted octanol–water partition coefficient (Wildman–Crippen LogP) is 4.90. The summed E-state index contributed by atoms with van der Waals surface area (Å²) in [5, 5.41) is 0. The summed E-state index contributed by atoms with van der Waals surface area (Å²) in [7, 11) is 0. The first kappa shape index (κ1) is 13.8. The smallest absolute Gasteiger partial charge is 0.0306 e. The molecule has 0 spiro atoms. The molecule has 0 aliphatic heterocycles. The van der Waals surface area contributed by atoms with Crippen molar-refractivity contribution in [2.24, 2.45) is 11.3 Å². The van der Waals surface area contributed by atoms with Gasteiger partial charge in [-0.25, -0.2) is 0 Å². The van der Waals surface area contributed by atoms with Crippen molar-refractivity contribution in [3.05, 3.63) is 66.0 Å². The summed E-state index contributed by atoms with van der Waals surface area (Å²) in [4.78, 5) is 4.27. The van der Waals surface area contributed by atoms with Crippen molar-refractivity contribution in [3.63, 3.8) is 0 Å². The lowest BCUT2D eigenvalue weighted by molar-refractivity contribution is 0.560. The molecule has 1 aliphatic rings. The number of hydrogen-bond donors (Lipinski definition) is 0. The van der Waals surface area contributed by atoms with E-state index in [1.807, 2.05) is 18.5 Å². The van der Waals surface area contributed by atoms with Gasteiger partial charge in [-0.15, -0.1) is 0 Å². The minimum atomic E-state index is 0.134. The van der Waals surface area contributed by atoms with E-state index in [1.165, 1.54) is 11.1 Å². The molecular weight excluding hydrogens is 230 g/mol. The summed E-state index contributed by atoms with van der Waals surface area (Å²) >= 11 is 0. The van der Waals surface area contributed by atoms with Crippen LogP contribution >= 0.6 is 0 Å². The Labute approximate surface area is 116 Å². The van der Waals surface area contributed by atoms with Gasteiger partial charge in [-0.3, -0.25) is 4.98 Å². The van der Waals surface area contributed by atoms with Gasteiger partial charge in [0.25, 0.3) is 0 Å². The van der Waals surface area contributed by atoms with E-state index >= 15 is 0 Å². The van der Waals surface area contributed by atoms with Crippen molar-refractivity contribution in [3.8, 4) is 0 Å². The average molecular weight is 253 g/mol. The maximum atomic E-state index is 4.27. The molecule has 1 aromatic heterocycles. The lowest BCUT2D eigenvalue weighted by atomic mass is 9.82. The lowest BCUT2D eigenvalue weighted by Crippen LogP contribution is -2.09. The van der Waals surface area contributed by atoms with Crippen molar-refractivity contribution in [2.75, 3.05) is 0 Å². The van der Waals surface area contributed by atoms with E-state index < -0.39 is 0 Å². The van der Waals surface area contributed by atoms with Gasteiger partial charge >= 0.3 is 0 Å². The molecule has 0 N–H and O–H groups in total. The molecular formula is C18H23N. The topological polar surface area (TPSA) is 12.9 Å². The first-order valence-electron chi connectivity index (χ1n) is 6.98. The second kappa shape index (κ2) is 5.56. The Morgan fingerprint density at radius 3 is 2.58 bits per heavy atom. The fourth-order valence-electron chi connectivity index (χ4n) is 2.56. The van der Waals surface area contributed by atoms with Gasteiger partial charge in [-0.2, -0.15) is 0 Å². The summed E-state index contributed by atoms with van der Waals surface area (Å²) < 4.78 is 0. The molecule has 0 bridgehead atoms. The molecule has 0 fully saturated rings. The van der Waals surface area contributed by atoms with Crippen LogP contribution in [-0.4, -0.2) is 4.98 Å². The van der Waals surface area contributed by atoms with Gasteiger partial charge in [0.15, 0.2) is 0 Å². The molecule has 1 heteroatoms. The molecule has 100 valence electrons. The minimum Gasteiger partial charge on any atom is -0.264 e. The van der Waals surface area contributed by atoms with Gasteiger partial charge in [0, 0.05) is 23.7 Å². The molecule has 1 aromatic rings. The largest absolute Gasteiger partial charge is 0.264 e. The highest BCUT2D eigenvalue weighted by Gasteiger charge is 2.20. The maximum Gasteiger partial charge on any atom is 0.0306 e. The SMILES string of the molecule is CC(C)C(C1=CC=CC(C)(C)C=C1)c1cccnc1. The maximum absolute atomic E-state index is 4.27. The van der Waals surface area contributed by atoms with Crippen molar-refractivity contribution in [1.29, 1.82) is 0 Å². The molecule has 0 amide bonds. The van der Waals surface area contributed by atoms with E-state index in [-0.39, 0.29) is 5.41 Å². The summed E-state index contributed by atoms with van der Waals surface area (Å²) in [5.74, 6) is 0.957. The van der Waals surface area contributed by atoms with Crippen molar-refractivity contribution >= 4 is 0 Å². The van der Waals surface area contributed by atoms with Gasteiger partial charge in [0.05, 0.1) is 0 Å². The first-order chi connectivity index (χ1) is 8.99. The third kappa shape index (κ3) is 3.44. The van der Waals surface area contributed by atoms with E-state index in [4.69, 9.17) is 0 Å². The number of rotatable bonds is 3. The molecule has 0 radical (unpaired) electrons. The van der Waals surface area contributed by atoms with Crippen LogP contribution in [0.4, 0.5) is 0 Å². The molecule has 1 aliphatic carbocycles. The minimum absolute atomic E-state index is 0.134. The Hall–Kier alpha value is -1.63. The number of pyridine rings is 1. The van der Waals surface area contributed by atoms with E-state index in [0.29, 0.717) is 11.8 Å². The highest BCUT2D eigenvalue weighted by atomic mass is 14.6. The fourth-order valence-corrected chi connectivity index (χ4v) is 2.56. The molecule has 0 saturated heterocycles. The average Bonchev–Trinajstić information content (AvgIpc) is 2.52. The molecule has 19 heavy (non-hydrogen) atoms. The van der Waals surface area contributed by atoms with Crippen LogP contribution in [0.15, 0.2) is 60.5 Å². The van der Waals surface area contributed by atoms with E-state index in [2.05, 4.69) is 69.1 Å². The van der Waals surface area contributed by atoms with Crippen LogP contribution in [0.3, 0.4) is 0 Å². The van der Waals surface area contributed by atoms with Crippen molar-refractivity contribution < 1.29 is 0 Å². The zero-order valence-electron chi connectivity index (χ0n) is 12.3. The first-order valence-corrected chi connectivity index (χ1v) is 6.98. The van der Waals surface area contributed by atoms with Crippen LogP contribution in [0.2, 0.25) is 0 Å². The molecule has 1 unspecified atom stereocenters. The van der Waals surface area contributed by atoms with Gasteiger partial charge in [0.2, 0.25) is 0 Å². The standard InChI is InChI=1S/C18H23N/c1-14(2)17(16-8-6-12-19-13-16)15-7-5-10-18(3,4)11-9-15/h5-14,17H,1-4H3. The summed E-state index contributed by atoms with van der Waals surface area (Å²) in [6, 6.07) is 4.19. The second-order valence-electron chi connectivity index (χ2n) is 6.19. The van der Waals surface area contributed by atoms with Crippen molar-refractivity contribution in [1.82, 2.24) is 4.98 Å². The zero-order chi connectivity index (χ0) is 13.9. The number of hydrogen-bond acceptors (Lipinski definition) is 1. The molecule has 1 atom stereocenters. The van der Waals surface area contributed by atoms with E-state index in [0.717, 1.165) is 0 Å². The number of allylic oxidation sites excluding steroid dienone is 6. The fraction of sp³-hybridized carbons (Fsp3) is 0.389. The number of aromatic nitrogens is 1. The Balaban J connectivity index is 2.37. The molecule has 1 heterocycles. The Morgan fingerprint density at radius 1 is 1.16 bits per heavy atom. The van der Waals surface area contributed by atoms with Crippen LogP contribution < -0.4 is 0 Å². The molecule has 0 aromatic carbocycles. The van der Waals surface area contributed by atoms with Crippen molar-refractivity contribution in [2.45, 2.75) is 33.6 Å². The predicted molar refractivity (Wildman–Crippen MR) is 82.0 cm³/mol.